The van der Waals surface area contributed by atoms with Gasteiger partial charge in [0.15, 0.2) is 0 Å². The summed E-state index contributed by atoms with van der Waals surface area (Å²) in [5.41, 5.74) is -0.0293. The molecule has 1 amide bonds. The lowest BCUT2D eigenvalue weighted by Crippen LogP contribution is -2.15. The number of benzene rings is 2. The molecule has 0 heterocycles. The highest BCUT2D eigenvalue weighted by molar-refractivity contribution is 6.31. The van der Waals surface area contributed by atoms with Crippen LogP contribution in [0.2, 0.25) is 5.02 Å². The van der Waals surface area contributed by atoms with Crippen LogP contribution >= 0.6 is 11.6 Å². The second kappa shape index (κ2) is 8.50. The first-order valence-electron chi connectivity index (χ1n) is 7.21. The number of halogens is 1. The van der Waals surface area contributed by atoms with E-state index in [1.54, 1.807) is 24.3 Å². The Bertz CT molecular complexity index is 921. The molecule has 0 unspecified atom stereocenters. The van der Waals surface area contributed by atoms with Gasteiger partial charge in [-0.15, -0.1) is 0 Å². The number of anilines is 2. The summed E-state index contributed by atoms with van der Waals surface area (Å²) in [6, 6.07) is 12.2. The van der Waals surface area contributed by atoms with Gasteiger partial charge in [0.05, 0.1) is 17.7 Å². The average molecular weight is 373 g/mol. The Morgan fingerprint density at radius 3 is 2.69 bits per heavy atom. The first-order valence-corrected chi connectivity index (χ1v) is 7.59. The van der Waals surface area contributed by atoms with Gasteiger partial charge in [0.25, 0.3) is 11.6 Å². The van der Waals surface area contributed by atoms with Gasteiger partial charge in [-0.25, -0.2) is 0 Å². The number of rotatable bonds is 6. The lowest BCUT2D eigenvalue weighted by molar-refractivity contribution is -0.383. The molecule has 0 aliphatic rings. The van der Waals surface area contributed by atoms with Crippen molar-refractivity contribution < 1.29 is 14.5 Å². The van der Waals surface area contributed by atoms with Crippen molar-refractivity contribution in [2.75, 3.05) is 17.7 Å². The van der Waals surface area contributed by atoms with Gasteiger partial charge in [-0.3, -0.25) is 14.9 Å². The second-order valence-electron chi connectivity index (χ2n) is 4.89. The topological polar surface area (TPSA) is 117 Å². The molecule has 9 heteroatoms. The number of para-hydroxylation sites is 2. The van der Waals surface area contributed by atoms with E-state index in [9.17, 15) is 20.2 Å². The molecule has 0 aromatic heterocycles. The van der Waals surface area contributed by atoms with Crippen molar-refractivity contribution in [3.63, 3.8) is 0 Å². The van der Waals surface area contributed by atoms with Crippen LogP contribution in [0.5, 0.6) is 5.75 Å². The van der Waals surface area contributed by atoms with Gasteiger partial charge in [-0.1, -0.05) is 23.7 Å². The van der Waals surface area contributed by atoms with Gasteiger partial charge in [0, 0.05) is 17.3 Å². The number of nitriles is 1. The molecule has 0 aliphatic carbocycles. The maximum atomic E-state index is 12.3. The van der Waals surface area contributed by atoms with Gasteiger partial charge >= 0.3 is 0 Å². The number of carbonyl (C=O) groups excluding carboxylic acids is 1. The first kappa shape index (κ1) is 18.8. The van der Waals surface area contributed by atoms with E-state index in [2.05, 4.69) is 10.6 Å². The monoisotopic (exact) mass is 372 g/mol. The van der Waals surface area contributed by atoms with E-state index < -0.39 is 10.8 Å². The Hall–Kier alpha value is -3.57. The van der Waals surface area contributed by atoms with Crippen LogP contribution in [-0.4, -0.2) is 17.9 Å². The lowest BCUT2D eigenvalue weighted by Gasteiger charge is -2.10. The zero-order chi connectivity index (χ0) is 19.1. The van der Waals surface area contributed by atoms with E-state index in [1.807, 2.05) is 0 Å². The van der Waals surface area contributed by atoms with Crippen LogP contribution in [0.4, 0.5) is 17.1 Å². The number of nitro groups is 1. The quantitative estimate of drug-likeness (QED) is 0.345. The molecule has 26 heavy (non-hydrogen) atoms. The van der Waals surface area contributed by atoms with Crippen molar-refractivity contribution in [2.24, 2.45) is 0 Å². The van der Waals surface area contributed by atoms with Crippen LogP contribution in [0.3, 0.4) is 0 Å². The predicted molar refractivity (Wildman–Crippen MR) is 97.0 cm³/mol. The van der Waals surface area contributed by atoms with Crippen molar-refractivity contribution in [3.05, 3.63) is 69.4 Å². The van der Waals surface area contributed by atoms with Gasteiger partial charge in [0.1, 0.15) is 23.1 Å². The normalized spacial score (nSPS) is 10.6. The van der Waals surface area contributed by atoms with Crippen molar-refractivity contribution in [1.29, 1.82) is 5.26 Å². The number of nitrogens with zero attached hydrogens (tertiary/aromatic N) is 2. The summed E-state index contributed by atoms with van der Waals surface area (Å²) in [5.74, 6) is -0.356. The van der Waals surface area contributed by atoms with Crippen molar-refractivity contribution in [2.45, 2.75) is 0 Å². The SMILES string of the molecule is COc1ccc(Cl)cc1NC(=O)/C(C#N)=C\Nc1ccccc1[N+](=O)[O-]. The number of amides is 1. The van der Waals surface area contributed by atoms with Gasteiger partial charge in [-0.2, -0.15) is 5.26 Å². The fourth-order valence-corrected chi connectivity index (χ4v) is 2.19. The predicted octanol–water partition coefficient (Wildman–Crippen LogP) is 3.71. The van der Waals surface area contributed by atoms with Crippen LogP contribution in [0.1, 0.15) is 0 Å². The third-order valence-corrected chi connectivity index (χ3v) is 3.48. The molecule has 0 saturated carbocycles. The number of carbonyl (C=O) groups is 1. The lowest BCUT2D eigenvalue weighted by atomic mass is 10.2. The highest BCUT2D eigenvalue weighted by atomic mass is 35.5. The minimum atomic E-state index is -0.723. The molecule has 0 saturated heterocycles. The highest BCUT2D eigenvalue weighted by Crippen LogP contribution is 2.28. The van der Waals surface area contributed by atoms with Crippen LogP contribution in [-0.2, 0) is 4.79 Å². The molecule has 0 atom stereocenters. The van der Waals surface area contributed by atoms with Crippen molar-refractivity contribution in [3.8, 4) is 11.8 Å². The highest BCUT2D eigenvalue weighted by Gasteiger charge is 2.15. The summed E-state index contributed by atoms with van der Waals surface area (Å²) in [4.78, 5) is 22.7. The van der Waals surface area contributed by atoms with E-state index in [1.165, 1.54) is 31.4 Å². The van der Waals surface area contributed by atoms with E-state index in [4.69, 9.17) is 16.3 Å². The summed E-state index contributed by atoms with van der Waals surface area (Å²) in [5, 5.41) is 25.7. The number of methoxy groups -OCH3 is 1. The molecule has 0 radical (unpaired) electrons. The largest absolute Gasteiger partial charge is 0.495 e. The summed E-state index contributed by atoms with van der Waals surface area (Å²) in [7, 11) is 1.43. The Morgan fingerprint density at radius 1 is 1.31 bits per heavy atom. The number of hydrogen-bond donors (Lipinski definition) is 2. The number of nitrogens with one attached hydrogen (secondary N) is 2. The van der Waals surface area contributed by atoms with Gasteiger partial charge < -0.3 is 15.4 Å². The van der Waals surface area contributed by atoms with Gasteiger partial charge in [-0.05, 0) is 24.3 Å². The Labute approximate surface area is 153 Å². The van der Waals surface area contributed by atoms with Gasteiger partial charge in [0.2, 0.25) is 0 Å². The van der Waals surface area contributed by atoms with Crippen molar-refractivity contribution in [1.82, 2.24) is 0 Å². The zero-order valence-corrected chi connectivity index (χ0v) is 14.3. The van der Waals surface area contributed by atoms with Crippen LogP contribution in [0.25, 0.3) is 0 Å². The minimum Gasteiger partial charge on any atom is -0.495 e. The van der Waals surface area contributed by atoms with E-state index in [0.717, 1.165) is 6.20 Å². The molecular formula is C17H13ClN4O4. The van der Waals surface area contributed by atoms with Crippen molar-refractivity contribution >= 4 is 34.6 Å². The zero-order valence-electron chi connectivity index (χ0n) is 13.5. The number of hydrogen-bond acceptors (Lipinski definition) is 6. The van der Waals surface area contributed by atoms with E-state index in [-0.39, 0.29) is 22.6 Å². The number of nitro benzene ring substituents is 1. The van der Waals surface area contributed by atoms with E-state index in [0.29, 0.717) is 10.8 Å². The van der Waals surface area contributed by atoms with Crippen LogP contribution in [0, 0.1) is 21.4 Å². The molecular weight excluding hydrogens is 360 g/mol. The molecule has 132 valence electrons. The molecule has 2 N–H and O–H groups in total. The summed E-state index contributed by atoms with van der Waals surface area (Å²) < 4.78 is 5.12. The molecule has 0 spiro atoms. The average Bonchev–Trinajstić information content (AvgIpc) is 2.62. The maximum Gasteiger partial charge on any atom is 0.292 e. The Kier molecular flexibility index (Phi) is 6.14. The fourth-order valence-electron chi connectivity index (χ4n) is 2.02. The fraction of sp³-hybridized carbons (Fsp3) is 0.0588. The standard InChI is InChI=1S/C17H13ClN4O4/c1-26-16-7-6-12(18)8-14(16)21-17(23)11(9-19)10-20-13-4-2-3-5-15(13)22(24)25/h2-8,10,20H,1H3,(H,21,23)/b11-10-. The van der Waals surface area contributed by atoms with Crippen LogP contribution < -0.4 is 15.4 Å². The summed E-state index contributed by atoms with van der Waals surface area (Å²) >= 11 is 5.90. The molecule has 0 fully saturated rings. The molecule has 2 aromatic rings. The Morgan fingerprint density at radius 2 is 2.04 bits per heavy atom. The smallest absolute Gasteiger partial charge is 0.292 e. The summed E-state index contributed by atoms with van der Waals surface area (Å²) in [6.07, 6.45) is 1.09. The minimum absolute atomic E-state index is 0.151. The Balaban J connectivity index is 2.22. The molecule has 0 bridgehead atoms. The maximum absolute atomic E-state index is 12.3. The van der Waals surface area contributed by atoms with E-state index >= 15 is 0 Å². The first-order chi connectivity index (χ1) is 12.5. The molecule has 0 aliphatic heterocycles. The molecule has 2 rings (SSSR count). The number of ether oxygens (including phenoxy) is 1. The molecule has 2 aromatic carbocycles. The summed E-state index contributed by atoms with van der Waals surface area (Å²) in [6.45, 7) is 0. The second-order valence-corrected chi connectivity index (χ2v) is 5.32. The third kappa shape index (κ3) is 4.49. The van der Waals surface area contributed by atoms with Crippen LogP contribution in [0.15, 0.2) is 54.2 Å². The third-order valence-electron chi connectivity index (χ3n) is 3.25. The molecule has 8 nitrogen and oxygen atoms in total.